The molecule has 0 fully saturated rings. The Morgan fingerprint density at radius 3 is 1.58 bits per heavy atom. The molecule has 0 heterocycles. The molecule has 3 atom stereocenters. The van der Waals surface area contributed by atoms with Crippen LogP contribution in [0.25, 0.3) is 0 Å². The van der Waals surface area contributed by atoms with Gasteiger partial charge in [-0.2, -0.15) is 0 Å². The lowest BCUT2D eigenvalue weighted by atomic mass is 10.0. The average Bonchev–Trinajstić information content (AvgIpc) is 2.94. The molecular formula is C34H71N2O6P. The number of rotatable bonds is 32. The van der Waals surface area contributed by atoms with Crippen molar-refractivity contribution in [3.8, 4) is 0 Å². The average molecular weight is 635 g/mol. The van der Waals surface area contributed by atoms with Gasteiger partial charge in [0.25, 0.3) is 7.82 Å². The zero-order valence-electron chi connectivity index (χ0n) is 28.9. The van der Waals surface area contributed by atoms with E-state index in [1.54, 1.807) is 0 Å². The second-order valence-corrected chi connectivity index (χ2v) is 15.0. The minimum atomic E-state index is -4.54. The fourth-order valence-corrected chi connectivity index (χ4v) is 5.88. The summed E-state index contributed by atoms with van der Waals surface area (Å²) >= 11 is 0. The molecule has 0 radical (unpaired) electrons. The maximum atomic E-state index is 12.7. The van der Waals surface area contributed by atoms with Crippen LogP contribution in [-0.2, 0) is 18.4 Å². The third-order valence-corrected chi connectivity index (χ3v) is 9.06. The maximum absolute atomic E-state index is 12.7. The lowest BCUT2D eigenvalue weighted by molar-refractivity contribution is -0.870. The van der Waals surface area contributed by atoms with Gasteiger partial charge in [0.05, 0.1) is 39.9 Å². The molecule has 43 heavy (non-hydrogen) atoms. The number of nitrogens with zero attached hydrogens (tertiary/aromatic N) is 1. The minimum Gasteiger partial charge on any atom is -0.756 e. The Bertz CT molecular complexity index is 688. The topological polar surface area (TPSA) is 108 Å². The Morgan fingerprint density at radius 2 is 1.14 bits per heavy atom. The first kappa shape index (κ1) is 42.5. The summed E-state index contributed by atoms with van der Waals surface area (Å²) in [6.07, 6.45) is 25.3. The molecule has 0 aliphatic carbocycles. The molecule has 0 rings (SSSR count). The van der Waals surface area contributed by atoms with Crippen molar-refractivity contribution >= 4 is 13.7 Å². The van der Waals surface area contributed by atoms with Crippen LogP contribution in [0.5, 0.6) is 0 Å². The normalized spacial score (nSPS) is 14.9. The minimum absolute atomic E-state index is 0.0152. The number of carbonyl (C=O) groups is 1. The predicted molar refractivity (Wildman–Crippen MR) is 178 cm³/mol. The summed E-state index contributed by atoms with van der Waals surface area (Å²) < 4.78 is 23.1. The summed E-state index contributed by atoms with van der Waals surface area (Å²) in [7, 11) is 1.31. The summed E-state index contributed by atoms with van der Waals surface area (Å²) in [5.74, 6) is -0.169. The quantitative estimate of drug-likeness (QED) is 0.0440. The molecule has 0 aromatic heterocycles. The zero-order valence-corrected chi connectivity index (χ0v) is 29.8. The highest BCUT2D eigenvalue weighted by atomic mass is 31.2. The van der Waals surface area contributed by atoms with E-state index in [-0.39, 0.29) is 19.1 Å². The van der Waals surface area contributed by atoms with Crippen molar-refractivity contribution in [1.82, 2.24) is 5.32 Å². The van der Waals surface area contributed by atoms with Gasteiger partial charge in [-0.05, 0) is 12.8 Å². The lowest BCUT2D eigenvalue weighted by Crippen LogP contribution is -2.46. The molecule has 0 aromatic carbocycles. The Hall–Kier alpha value is -0.500. The molecule has 0 aliphatic rings. The van der Waals surface area contributed by atoms with Gasteiger partial charge < -0.3 is 28.8 Å². The number of carbonyl (C=O) groups excluding carboxylic acids is 1. The number of unbranched alkanes of at least 4 members (excludes halogenated alkanes) is 19. The molecule has 1 amide bonds. The fourth-order valence-electron chi connectivity index (χ4n) is 5.16. The van der Waals surface area contributed by atoms with Gasteiger partial charge in [0.1, 0.15) is 13.2 Å². The summed E-state index contributed by atoms with van der Waals surface area (Å²) in [5.41, 5.74) is 0. The number of hydrogen-bond donors (Lipinski definition) is 2. The van der Waals surface area contributed by atoms with Crippen LogP contribution >= 0.6 is 7.82 Å². The first-order valence-corrected chi connectivity index (χ1v) is 19.3. The van der Waals surface area contributed by atoms with Crippen molar-refractivity contribution in [2.75, 3.05) is 40.9 Å². The Labute approximate surface area is 266 Å². The molecule has 0 saturated heterocycles. The molecule has 0 spiro atoms. The van der Waals surface area contributed by atoms with Crippen molar-refractivity contribution in [2.24, 2.45) is 0 Å². The van der Waals surface area contributed by atoms with Crippen molar-refractivity contribution < 1.29 is 32.9 Å². The molecular weight excluding hydrogens is 563 g/mol. The first-order chi connectivity index (χ1) is 20.5. The van der Waals surface area contributed by atoms with Gasteiger partial charge in [-0.3, -0.25) is 9.36 Å². The van der Waals surface area contributed by atoms with Gasteiger partial charge >= 0.3 is 0 Å². The second-order valence-electron chi connectivity index (χ2n) is 13.6. The van der Waals surface area contributed by atoms with E-state index in [1.807, 2.05) is 21.1 Å². The van der Waals surface area contributed by atoms with Crippen LogP contribution in [0.4, 0.5) is 0 Å². The van der Waals surface area contributed by atoms with E-state index in [2.05, 4.69) is 19.2 Å². The first-order valence-electron chi connectivity index (χ1n) is 17.9. The molecule has 9 heteroatoms. The smallest absolute Gasteiger partial charge is 0.268 e. The standard InChI is InChI=1S/C34H71N2O6P/c1-6-8-10-12-14-16-18-19-21-23-25-27-33(37)32(31-42-43(39,40)41-30-29-36(3,4)5)35-34(38)28-26-24-22-20-17-15-13-11-9-7-2/h32-33,37H,6-31H2,1-5H3,(H-,35,38,39,40). The van der Waals surface area contributed by atoms with E-state index in [4.69, 9.17) is 9.05 Å². The van der Waals surface area contributed by atoms with Crippen LogP contribution in [0, 0.1) is 0 Å². The Kier molecular flexibility index (Phi) is 27.5. The Balaban J connectivity index is 4.51. The number of aliphatic hydroxyl groups is 1. The SMILES string of the molecule is CCCCCCCCCCCCCC(O)C(COP(=O)([O-])OCC[N+](C)(C)C)NC(=O)CCCCCCCCCCCC. The van der Waals surface area contributed by atoms with Crippen molar-refractivity contribution in [2.45, 2.75) is 174 Å². The predicted octanol–water partition coefficient (Wildman–Crippen LogP) is 8.05. The van der Waals surface area contributed by atoms with Gasteiger partial charge in [-0.15, -0.1) is 0 Å². The third-order valence-electron chi connectivity index (χ3n) is 8.10. The third kappa shape index (κ3) is 29.9. The molecule has 2 N–H and O–H groups in total. The highest BCUT2D eigenvalue weighted by molar-refractivity contribution is 7.45. The molecule has 258 valence electrons. The van der Waals surface area contributed by atoms with E-state index in [0.29, 0.717) is 23.9 Å². The number of phosphoric ester groups is 1. The molecule has 0 aliphatic heterocycles. The van der Waals surface area contributed by atoms with Gasteiger partial charge in [0.2, 0.25) is 5.91 Å². The van der Waals surface area contributed by atoms with Crippen molar-refractivity contribution in [3.63, 3.8) is 0 Å². The van der Waals surface area contributed by atoms with E-state index in [0.717, 1.165) is 38.5 Å². The molecule has 0 bridgehead atoms. The number of amides is 1. The number of phosphoric acid groups is 1. The van der Waals surface area contributed by atoms with E-state index in [1.165, 1.54) is 96.3 Å². The second kappa shape index (κ2) is 27.8. The largest absolute Gasteiger partial charge is 0.756 e. The number of hydrogen-bond acceptors (Lipinski definition) is 6. The van der Waals surface area contributed by atoms with Crippen LogP contribution in [0.2, 0.25) is 0 Å². The highest BCUT2D eigenvalue weighted by Crippen LogP contribution is 2.38. The van der Waals surface area contributed by atoms with Gasteiger partial charge in [0, 0.05) is 6.42 Å². The van der Waals surface area contributed by atoms with Crippen LogP contribution in [-0.4, -0.2) is 68.5 Å². The van der Waals surface area contributed by atoms with Gasteiger partial charge in [-0.1, -0.05) is 142 Å². The summed E-state index contributed by atoms with van der Waals surface area (Å²) in [6.45, 7) is 4.67. The van der Waals surface area contributed by atoms with Gasteiger partial charge in [-0.25, -0.2) is 0 Å². The zero-order chi connectivity index (χ0) is 32.2. The molecule has 0 saturated carbocycles. The number of likely N-dealkylation sites (N-methyl/N-ethyl adjacent to an activating group) is 1. The number of quaternary nitrogens is 1. The highest BCUT2D eigenvalue weighted by Gasteiger charge is 2.24. The van der Waals surface area contributed by atoms with Crippen LogP contribution in [0.1, 0.15) is 162 Å². The fraction of sp³-hybridized carbons (Fsp3) is 0.971. The molecule has 3 unspecified atom stereocenters. The van der Waals surface area contributed by atoms with Crippen LogP contribution < -0.4 is 10.2 Å². The monoisotopic (exact) mass is 635 g/mol. The number of nitrogens with one attached hydrogen (secondary N) is 1. The van der Waals surface area contributed by atoms with Crippen molar-refractivity contribution in [3.05, 3.63) is 0 Å². The molecule has 0 aromatic rings. The maximum Gasteiger partial charge on any atom is 0.268 e. The van der Waals surface area contributed by atoms with E-state index in [9.17, 15) is 19.4 Å². The Morgan fingerprint density at radius 1 is 0.721 bits per heavy atom. The lowest BCUT2D eigenvalue weighted by Gasteiger charge is -2.30. The number of aliphatic hydroxyl groups excluding tert-OH is 1. The summed E-state index contributed by atoms with van der Waals surface area (Å²) in [4.78, 5) is 25.0. The molecule has 8 nitrogen and oxygen atoms in total. The van der Waals surface area contributed by atoms with Crippen LogP contribution in [0.15, 0.2) is 0 Å². The van der Waals surface area contributed by atoms with Crippen LogP contribution in [0.3, 0.4) is 0 Å². The summed E-state index contributed by atoms with van der Waals surface area (Å²) in [6, 6.07) is -0.789. The van der Waals surface area contributed by atoms with Crippen molar-refractivity contribution in [1.29, 1.82) is 0 Å². The van der Waals surface area contributed by atoms with E-state index >= 15 is 0 Å². The van der Waals surface area contributed by atoms with Gasteiger partial charge in [0.15, 0.2) is 0 Å². The van der Waals surface area contributed by atoms with E-state index < -0.39 is 20.0 Å². The summed E-state index contributed by atoms with van der Waals surface area (Å²) in [5, 5.41) is 13.8.